The zero-order valence-electron chi connectivity index (χ0n) is 10.6. The van der Waals surface area contributed by atoms with Crippen LogP contribution in [0.15, 0.2) is 12.2 Å². The summed E-state index contributed by atoms with van der Waals surface area (Å²) in [5.41, 5.74) is 1.43. The van der Waals surface area contributed by atoms with Gasteiger partial charge in [0, 0.05) is 0 Å². The molecular weight excluding hydrogens is 180 g/mol. The fourth-order valence-electron chi connectivity index (χ4n) is 4.09. The summed E-state index contributed by atoms with van der Waals surface area (Å²) in [7, 11) is 0. The molecule has 0 saturated heterocycles. The first-order chi connectivity index (χ1) is 7.09. The molecule has 0 heterocycles. The predicted octanol–water partition coefficient (Wildman–Crippen LogP) is 4.66. The first-order valence-electron chi connectivity index (χ1n) is 6.75. The fourth-order valence-corrected chi connectivity index (χ4v) is 4.09. The average Bonchev–Trinajstić information content (AvgIpc) is 2.19. The van der Waals surface area contributed by atoms with E-state index in [1.54, 1.807) is 0 Å². The summed E-state index contributed by atoms with van der Waals surface area (Å²) in [4.78, 5) is 0. The Bertz CT molecular complexity index is 240. The Morgan fingerprint density at radius 2 is 1.73 bits per heavy atom. The largest absolute Gasteiger partial charge is 0.0999 e. The van der Waals surface area contributed by atoms with Crippen molar-refractivity contribution in [3.8, 4) is 0 Å². The van der Waals surface area contributed by atoms with Crippen LogP contribution in [0.3, 0.4) is 0 Å². The summed E-state index contributed by atoms with van der Waals surface area (Å²) in [6, 6.07) is 0. The topological polar surface area (TPSA) is 0 Å². The Morgan fingerprint density at radius 3 is 2.40 bits per heavy atom. The second-order valence-electron chi connectivity index (χ2n) is 6.23. The molecule has 2 saturated carbocycles. The van der Waals surface area contributed by atoms with Gasteiger partial charge in [0.05, 0.1) is 0 Å². The molecule has 0 spiro atoms. The molecule has 15 heavy (non-hydrogen) atoms. The molecule has 5 atom stereocenters. The number of rotatable bonds is 1. The first-order valence-corrected chi connectivity index (χ1v) is 6.75. The van der Waals surface area contributed by atoms with Crippen LogP contribution in [-0.2, 0) is 0 Å². The molecule has 2 aliphatic carbocycles. The zero-order valence-corrected chi connectivity index (χ0v) is 10.6. The van der Waals surface area contributed by atoms with Gasteiger partial charge in [-0.2, -0.15) is 0 Å². The molecule has 0 nitrogen and oxygen atoms in total. The third-order valence-corrected chi connectivity index (χ3v) is 5.12. The maximum Gasteiger partial charge on any atom is -0.0203 e. The lowest BCUT2D eigenvalue weighted by molar-refractivity contribution is 0.0486. The number of hydrogen-bond donors (Lipinski definition) is 0. The van der Waals surface area contributed by atoms with Crippen LogP contribution >= 0.6 is 0 Å². The molecule has 0 radical (unpaired) electrons. The molecule has 0 aromatic heterocycles. The Hall–Kier alpha value is -0.260. The minimum absolute atomic E-state index is 0.821. The third kappa shape index (κ3) is 2.14. The normalized spacial score (nSPS) is 45.9. The zero-order chi connectivity index (χ0) is 11.0. The highest BCUT2D eigenvalue weighted by Gasteiger charge is 2.39. The van der Waals surface area contributed by atoms with Crippen LogP contribution in [0.2, 0.25) is 0 Å². The smallest absolute Gasteiger partial charge is 0.0203 e. The van der Waals surface area contributed by atoms with E-state index in [-0.39, 0.29) is 0 Å². The van der Waals surface area contributed by atoms with Crippen LogP contribution in [0.4, 0.5) is 0 Å². The van der Waals surface area contributed by atoms with Crippen LogP contribution in [0.25, 0.3) is 0 Å². The minimum Gasteiger partial charge on any atom is -0.0999 e. The molecule has 2 fully saturated rings. The van der Waals surface area contributed by atoms with Gasteiger partial charge in [-0.3, -0.25) is 0 Å². The van der Waals surface area contributed by atoms with Crippen LogP contribution < -0.4 is 0 Å². The maximum atomic E-state index is 4.18. The van der Waals surface area contributed by atoms with Crippen molar-refractivity contribution in [2.45, 2.75) is 52.9 Å². The predicted molar refractivity (Wildman–Crippen MR) is 66.7 cm³/mol. The van der Waals surface area contributed by atoms with Crippen molar-refractivity contribution in [1.29, 1.82) is 0 Å². The lowest BCUT2D eigenvalue weighted by Crippen LogP contribution is -2.37. The van der Waals surface area contributed by atoms with E-state index in [4.69, 9.17) is 0 Å². The van der Waals surface area contributed by atoms with Gasteiger partial charge in [0.1, 0.15) is 0 Å². The van der Waals surface area contributed by atoms with Gasteiger partial charge in [-0.1, -0.05) is 38.8 Å². The summed E-state index contributed by atoms with van der Waals surface area (Å²) in [5.74, 6) is 4.76. The summed E-state index contributed by atoms with van der Waals surface area (Å²) < 4.78 is 0. The molecule has 86 valence electrons. The van der Waals surface area contributed by atoms with Crippen molar-refractivity contribution in [2.75, 3.05) is 0 Å². The molecule has 0 aromatic carbocycles. The van der Waals surface area contributed by atoms with Crippen molar-refractivity contribution in [3.05, 3.63) is 12.2 Å². The van der Waals surface area contributed by atoms with Crippen molar-refractivity contribution >= 4 is 0 Å². The first kappa shape index (κ1) is 11.2. The van der Waals surface area contributed by atoms with E-state index >= 15 is 0 Å². The SMILES string of the molecule is C=C(C)C1CC(C)C2CCCC(C)C2C1. The van der Waals surface area contributed by atoms with Crippen LogP contribution in [0.1, 0.15) is 52.9 Å². The fraction of sp³-hybridized carbons (Fsp3) is 0.867. The molecule has 0 bridgehead atoms. The summed E-state index contributed by atoms with van der Waals surface area (Å²) in [5, 5.41) is 0. The van der Waals surface area contributed by atoms with E-state index in [0.717, 1.165) is 29.6 Å². The molecule has 5 unspecified atom stereocenters. The molecule has 2 rings (SSSR count). The van der Waals surface area contributed by atoms with Crippen molar-refractivity contribution in [2.24, 2.45) is 29.6 Å². The van der Waals surface area contributed by atoms with Gasteiger partial charge in [0.15, 0.2) is 0 Å². The lowest BCUT2D eigenvalue weighted by Gasteiger charge is -2.46. The second kappa shape index (κ2) is 4.31. The number of fused-ring (bicyclic) bond motifs is 1. The van der Waals surface area contributed by atoms with Crippen LogP contribution in [0, 0.1) is 29.6 Å². The molecular formula is C15H26. The van der Waals surface area contributed by atoms with Gasteiger partial charge in [-0.25, -0.2) is 0 Å². The van der Waals surface area contributed by atoms with E-state index in [2.05, 4.69) is 27.4 Å². The Morgan fingerprint density at radius 1 is 1.00 bits per heavy atom. The van der Waals surface area contributed by atoms with E-state index in [1.165, 1.54) is 37.7 Å². The van der Waals surface area contributed by atoms with Crippen molar-refractivity contribution in [1.82, 2.24) is 0 Å². The summed E-state index contributed by atoms with van der Waals surface area (Å²) in [6.07, 6.45) is 7.29. The van der Waals surface area contributed by atoms with Gasteiger partial charge in [-0.05, 0) is 55.8 Å². The highest BCUT2D eigenvalue weighted by molar-refractivity contribution is 5.02. The van der Waals surface area contributed by atoms with Gasteiger partial charge >= 0.3 is 0 Å². The summed E-state index contributed by atoms with van der Waals surface area (Å²) >= 11 is 0. The quantitative estimate of drug-likeness (QED) is 0.547. The highest BCUT2D eigenvalue weighted by atomic mass is 14.4. The van der Waals surface area contributed by atoms with E-state index < -0.39 is 0 Å². The highest BCUT2D eigenvalue weighted by Crippen LogP contribution is 2.49. The Kier molecular flexibility index (Phi) is 3.23. The maximum absolute atomic E-state index is 4.18. The molecule has 0 amide bonds. The third-order valence-electron chi connectivity index (χ3n) is 5.12. The Labute approximate surface area is 95.1 Å². The molecule has 0 aliphatic heterocycles. The van der Waals surface area contributed by atoms with Crippen LogP contribution in [0.5, 0.6) is 0 Å². The van der Waals surface area contributed by atoms with Gasteiger partial charge in [0.2, 0.25) is 0 Å². The monoisotopic (exact) mass is 206 g/mol. The standard InChI is InChI=1S/C15H26/c1-10(2)13-8-12(4)14-7-5-6-11(3)15(14)9-13/h11-15H,1,5-9H2,2-4H3. The van der Waals surface area contributed by atoms with E-state index in [9.17, 15) is 0 Å². The van der Waals surface area contributed by atoms with Gasteiger partial charge < -0.3 is 0 Å². The van der Waals surface area contributed by atoms with Gasteiger partial charge in [0.25, 0.3) is 0 Å². The number of hydrogen-bond acceptors (Lipinski definition) is 0. The molecule has 0 aromatic rings. The summed E-state index contributed by atoms with van der Waals surface area (Å²) in [6.45, 7) is 11.4. The second-order valence-corrected chi connectivity index (χ2v) is 6.23. The Balaban J connectivity index is 2.10. The van der Waals surface area contributed by atoms with Gasteiger partial charge in [-0.15, -0.1) is 0 Å². The number of allylic oxidation sites excluding steroid dienone is 1. The minimum atomic E-state index is 0.821. The van der Waals surface area contributed by atoms with E-state index in [0.29, 0.717) is 0 Å². The van der Waals surface area contributed by atoms with Crippen LogP contribution in [-0.4, -0.2) is 0 Å². The molecule has 0 N–H and O–H groups in total. The van der Waals surface area contributed by atoms with Crippen molar-refractivity contribution in [3.63, 3.8) is 0 Å². The molecule has 0 heteroatoms. The average molecular weight is 206 g/mol. The molecule has 2 aliphatic rings. The van der Waals surface area contributed by atoms with Crippen molar-refractivity contribution < 1.29 is 0 Å². The van der Waals surface area contributed by atoms with E-state index in [1.807, 2.05) is 0 Å². The lowest BCUT2D eigenvalue weighted by atomic mass is 9.59.